The van der Waals surface area contributed by atoms with E-state index in [2.05, 4.69) is 26.7 Å². The number of ether oxygens (including phenoxy) is 2. The van der Waals surface area contributed by atoms with Crippen LogP contribution < -0.4 is 10.6 Å². The van der Waals surface area contributed by atoms with Crippen LogP contribution in [-0.2, 0) is 16.0 Å². The molecule has 27 heavy (non-hydrogen) atoms. The lowest BCUT2D eigenvalue weighted by Gasteiger charge is -2.13. The van der Waals surface area contributed by atoms with Crippen LogP contribution in [0.25, 0.3) is 10.9 Å². The zero-order valence-electron chi connectivity index (χ0n) is 15.8. The second kappa shape index (κ2) is 12.1. The third kappa shape index (κ3) is 6.90. The zero-order chi connectivity index (χ0) is 18.0. The number of hydrogen-bond acceptors (Lipinski definition) is 4. The van der Waals surface area contributed by atoms with Gasteiger partial charge in [-0.3, -0.25) is 9.98 Å². The smallest absolute Gasteiger partial charge is 0.191 e. The SMILES string of the molecule is CN=C(NCCCOCC1CCOC1)NCc1ccnc2ccccc12.I. The Bertz CT molecular complexity index is 715. The van der Waals surface area contributed by atoms with Gasteiger partial charge in [-0.05, 0) is 30.5 Å². The lowest BCUT2D eigenvalue weighted by Crippen LogP contribution is -2.37. The molecule has 1 aliphatic rings. The van der Waals surface area contributed by atoms with E-state index in [-0.39, 0.29) is 24.0 Å². The molecule has 0 bridgehead atoms. The summed E-state index contributed by atoms with van der Waals surface area (Å²) in [6.07, 6.45) is 3.92. The summed E-state index contributed by atoms with van der Waals surface area (Å²) in [6, 6.07) is 10.2. The van der Waals surface area contributed by atoms with Gasteiger partial charge < -0.3 is 20.1 Å². The van der Waals surface area contributed by atoms with Crippen LogP contribution in [0.15, 0.2) is 41.5 Å². The van der Waals surface area contributed by atoms with Crippen molar-refractivity contribution in [2.24, 2.45) is 10.9 Å². The van der Waals surface area contributed by atoms with Crippen LogP contribution in [0, 0.1) is 5.92 Å². The molecule has 0 radical (unpaired) electrons. The van der Waals surface area contributed by atoms with E-state index in [9.17, 15) is 0 Å². The quantitative estimate of drug-likeness (QED) is 0.261. The molecule has 3 rings (SSSR count). The predicted octanol–water partition coefficient (Wildman–Crippen LogP) is 2.96. The topological polar surface area (TPSA) is 67.8 Å². The molecule has 0 aliphatic carbocycles. The molecular weight excluding hydrogens is 455 g/mol. The van der Waals surface area contributed by atoms with Gasteiger partial charge in [0.25, 0.3) is 0 Å². The fraction of sp³-hybridized carbons (Fsp3) is 0.500. The number of nitrogens with zero attached hydrogens (tertiary/aromatic N) is 2. The Hall–Kier alpha value is -1.45. The molecule has 0 amide bonds. The number of fused-ring (bicyclic) bond motifs is 1. The summed E-state index contributed by atoms with van der Waals surface area (Å²) in [7, 11) is 1.79. The number of aromatic nitrogens is 1. The molecule has 148 valence electrons. The van der Waals surface area contributed by atoms with Crippen molar-refractivity contribution in [1.29, 1.82) is 0 Å². The summed E-state index contributed by atoms with van der Waals surface area (Å²) in [5.74, 6) is 1.38. The van der Waals surface area contributed by atoms with Gasteiger partial charge in [-0.2, -0.15) is 0 Å². The third-order valence-corrected chi connectivity index (χ3v) is 4.54. The van der Waals surface area contributed by atoms with Gasteiger partial charge >= 0.3 is 0 Å². The minimum absolute atomic E-state index is 0. The van der Waals surface area contributed by atoms with Crippen molar-refractivity contribution in [1.82, 2.24) is 15.6 Å². The van der Waals surface area contributed by atoms with Crippen LogP contribution >= 0.6 is 24.0 Å². The molecule has 1 aromatic heterocycles. The first-order valence-corrected chi connectivity index (χ1v) is 9.29. The zero-order valence-corrected chi connectivity index (χ0v) is 18.1. The number of guanidine groups is 1. The normalized spacial score (nSPS) is 16.9. The van der Waals surface area contributed by atoms with Gasteiger partial charge in [-0.1, -0.05) is 18.2 Å². The Balaban J connectivity index is 0.00000261. The van der Waals surface area contributed by atoms with Crippen molar-refractivity contribution < 1.29 is 9.47 Å². The molecule has 1 aromatic carbocycles. The second-order valence-corrected chi connectivity index (χ2v) is 6.50. The van der Waals surface area contributed by atoms with Crippen molar-refractivity contribution in [2.45, 2.75) is 19.4 Å². The van der Waals surface area contributed by atoms with E-state index < -0.39 is 0 Å². The van der Waals surface area contributed by atoms with Gasteiger partial charge in [-0.25, -0.2) is 0 Å². The van der Waals surface area contributed by atoms with E-state index in [0.717, 1.165) is 57.3 Å². The van der Waals surface area contributed by atoms with Crippen LogP contribution in [0.4, 0.5) is 0 Å². The minimum atomic E-state index is 0. The molecule has 2 N–H and O–H groups in total. The van der Waals surface area contributed by atoms with Crippen molar-refractivity contribution >= 4 is 40.8 Å². The first-order chi connectivity index (χ1) is 12.9. The Morgan fingerprint density at radius 2 is 2.19 bits per heavy atom. The van der Waals surface area contributed by atoms with E-state index in [1.54, 1.807) is 7.05 Å². The molecule has 6 nitrogen and oxygen atoms in total. The van der Waals surface area contributed by atoms with Crippen LogP contribution in [0.2, 0.25) is 0 Å². The minimum Gasteiger partial charge on any atom is -0.381 e. The highest BCUT2D eigenvalue weighted by atomic mass is 127. The predicted molar refractivity (Wildman–Crippen MR) is 120 cm³/mol. The van der Waals surface area contributed by atoms with E-state index in [0.29, 0.717) is 12.5 Å². The highest BCUT2D eigenvalue weighted by Crippen LogP contribution is 2.15. The Morgan fingerprint density at radius 1 is 1.30 bits per heavy atom. The van der Waals surface area contributed by atoms with Crippen LogP contribution in [-0.4, -0.2) is 51.0 Å². The van der Waals surface area contributed by atoms with E-state index in [4.69, 9.17) is 9.47 Å². The van der Waals surface area contributed by atoms with Gasteiger partial charge in [0, 0.05) is 50.9 Å². The monoisotopic (exact) mass is 484 g/mol. The average Bonchev–Trinajstić information content (AvgIpc) is 3.20. The summed E-state index contributed by atoms with van der Waals surface area (Å²) >= 11 is 0. The number of aliphatic imine (C=N–C) groups is 1. The fourth-order valence-corrected chi connectivity index (χ4v) is 3.05. The second-order valence-electron chi connectivity index (χ2n) is 6.50. The highest BCUT2D eigenvalue weighted by Gasteiger charge is 2.15. The number of nitrogens with one attached hydrogen (secondary N) is 2. The maximum absolute atomic E-state index is 5.72. The molecule has 2 aromatic rings. The molecule has 1 saturated heterocycles. The number of pyridine rings is 1. The fourth-order valence-electron chi connectivity index (χ4n) is 3.05. The number of para-hydroxylation sites is 1. The largest absolute Gasteiger partial charge is 0.381 e. The summed E-state index contributed by atoms with van der Waals surface area (Å²) < 4.78 is 11.1. The molecule has 0 spiro atoms. The Morgan fingerprint density at radius 3 is 3.00 bits per heavy atom. The summed E-state index contributed by atoms with van der Waals surface area (Å²) in [5, 5.41) is 7.87. The summed E-state index contributed by atoms with van der Waals surface area (Å²) in [5.41, 5.74) is 2.22. The van der Waals surface area contributed by atoms with Gasteiger partial charge in [0.2, 0.25) is 0 Å². The number of rotatable bonds is 8. The number of halogens is 1. The number of hydrogen-bond donors (Lipinski definition) is 2. The van der Waals surface area contributed by atoms with Gasteiger partial charge in [0.15, 0.2) is 5.96 Å². The summed E-state index contributed by atoms with van der Waals surface area (Å²) in [4.78, 5) is 8.69. The van der Waals surface area contributed by atoms with Gasteiger partial charge in [0.05, 0.1) is 18.7 Å². The molecule has 2 heterocycles. The first kappa shape index (κ1) is 21.8. The summed E-state index contributed by atoms with van der Waals surface area (Å²) in [6.45, 7) is 4.83. The molecular formula is C20H29IN4O2. The molecule has 7 heteroatoms. The van der Waals surface area contributed by atoms with E-state index in [1.807, 2.05) is 30.5 Å². The van der Waals surface area contributed by atoms with Gasteiger partial charge in [-0.15, -0.1) is 24.0 Å². The van der Waals surface area contributed by atoms with E-state index >= 15 is 0 Å². The Kier molecular flexibility index (Phi) is 9.79. The molecule has 1 atom stereocenters. The van der Waals surface area contributed by atoms with Gasteiger partial charge in [0.1, 0.15) is 0 Å². The average molecular weight is 484 g/mol. The maximum Gasteiger partial charge on any atom is 0.191 e. The lowest BCUT2D eigenvalue weighted by atomic mass is 10.1. The lowest BCUT2D eigenvalue weighted by molar-refractivity contribution is 0.0888. The highest BCUT2D eigenvalue weighted by molar-refractivity contribution is 14.0. The van der Waals surface area contributed by atoms with Crippen LogP contribution in [0.3, 0.4) is 0 Å². The van der Waals surface area contributed by atoms with Crippen LogP contribution in [0.5, 0.6) is 0 Å². The Labute approximate surface area is 178 Å². The molecule has 1 aliphatic heterocycles. The molecule has 0 saturated carbocycles. The first-order valence-electron chi connectivity index (χ1n) is 9.29. The van der Waals surface area contributed by atoms with E-state index in [1.165, 1.54) is 10.9 Å². The standard InChI is InChI=1S/C20H28N4O2.HI/c1-21-20(23-9-4-11-25-14-16-8-12-26-15-16)24-13-17-7-10-22-19-6-3-2-5-18(17)19;/h2-3,5-7,10,16H,4,8-9,11-15H2,1H3,(H2,21,23,24);1H. The maximum atomic E-state index is 5.72. The molecule has 1 fully saturated rings. The van der Waals surface area contributed by atoms with Crippen molar-refractivity contribution in [3.63, 3.8) is 0 Å². The van der Waals surface area contributed by atoms with Crippen molar-refractivity contribution in [2.75, 3.05) is 40.0 Å². The molecule has 1 unspecified atom stereocenters. The van der Waals surface area contributed by atoms with Crippen molar-refractivity contribution in [3.8, 4) is 0 Å². The van der Waals surface area contributed by atoms with Crippen molar-refractivity contribution in [3.05, 3.63) is 42.1 Å². The van der Waals surface area contributed by atoms with Crippen LogP contribution in [0.1, 0.15) is 18.4 Å². The number of benzene rings is 1. The third-order valence-electron chi connectivity index (χ3n) is 4.54.